The summed E-state index contributed by atoms with van der Waals surface area (Å²) in [6.45, 7) is 4.98. The lowest BCUT2D eigenvalue weighted by Crippen LogP contribution is -2.49. The van der Waals surface area contributed by atoms with E-state index >= 15 is 0 Å². The highest BCUT2D eigenvalue weighted by Crippen LogP contribution is 2.26. The summed E-state index contributed by atoms with van der Waals surface area (Å²) in [6.07, 6.45) is 4.43. The summed E-state index contributed by atoms with van der Waals surface area (Å²) in [5.41, 5.74) is 2.09. The number of phenols is 1. The number of urea groups is 1. The largest absolute Gasteiger partial charge is 0.505 e. The number of benzene rings is 3. The number of carbonyl (C=O) groups is 1. The number of carbonyl (C=O) groups excluding carboxylic acids is 1. The van der Waals surface area contributed by atoms with Crippen molar-refractivity contribution in [3.63, 3.8) is 0 Å². The van der Waals surface area contributed by atoms with Crippen molar-refractivity contribution in [3.05, 3.63) is 78.1 Å². The fourth-order valence-electron chi connectivity index (χ4n) is 4.68. The van der Waals surface area contributed by atoms with Crippen molar-refractivity contribution in [2.24, 2.45) is 0 Å². The molecule has 3 aromatic rings. The van der Waals surface area contributed by atoms with Gasteiger partial charge in [0.25, 0.3) is 0 Å². The van der Waals surface area contributed by atoms with E-state index < -0.39 is 21.6 Å². The molecular weight excluding hydrogens is 547 g/mol. The SMILES string of the molecule is CCCCN(C(=O)NC1CCN(Cc2ccc(Oc3ccc(NS(C)(=O)=O)cc3)cc2)CC1)c1ccc(F)c(O)c1. The highest BCUT2D eigenvalue weighted by molar-refractivity contribution is 7.92. The number of halogens is 1. The number of sulfonamides is 1. The minimum Gasteiger partial charge on any atom is -0.505 e. The molecule has 0 aromatic heterocycles. The van der Waals surface area contributed by atoms with Gasteiger partial charge in [0.15, 0.2) is 11.6 Å². The van der Waals surface area contributed by atoms with Gasteiger partial charge in [0.05, 0.1) is 6.26 Å². The first kappa shape index (κ1) is 30.1. The molecule has 3 aromatic carbocycles. The Bertz CT molecular complexity index is 1410. The third kappa shape index (κ3) is 9.09. The van der Waals surface area contributed by atoms with Crippen LogP contribution in [-0.2, 0) is 16.6 Å². The van der Waals surface area contributed by atoms with Gasteiger partial charge < -0.3 is 15.2 Å². The Morgan fingerprint density at radius 3 is 2.27 bits per heavy atom. The van der Waals surface area contributed by atoms with Crippen molar-refractivity contribution in [1.29, 1.82) is 0 Å². The van der Waals surface area contributed by atoms with Gasteiger partial charge in [0, 0.05) is 49.7 Å². The monoisotopic (exact) mass is 584 g/mol. The zero-order chi connectivity index (χ0) is 29.4. The van der Waals surface area contributed by atoms with Crippen LogP contribution >= 0.6 is 0 Å². The van der Waals surface area contributed by atoms with Gasteiger partial charge in [-0.2, -0.15) is 0 Å². The second-order valence-corrected chi connectivity index (χ2v) is 12.0. The number of phenolic OH excluding ortho intramolecular Hbond substituents is 1. The summed E-state index contributed by atoms with van der Waals surface area (Å²) in [5, 5.41) is 12.9. The maximum absolute atomic E-state index is 13.5. The number of rotatable bonds is 11. The lowest BCUT2D eigenvalue weighted by atomic mass is 10.0. The van der Waals surface area contributed by atoms with Gasteiger partial charge in [-0.05, 0) is 73.4 Å². The van der Waals surface area contributed by atoms with Crippen LogP contribution < -0.4 is 19.7 Å². The van der Waals surface area contributed by atoms with Gasteiger partial charge in [0.1, 0.15) is 11.5 Å². The zero-order valence-electron chi connectivity index (χ0n) is 23.3. The Kier molecular flexibility index (Phi) is 10.1. The van der Waals surface area contributed by atoms with Crippen LogP contribution in [0.25, 0.3) is 0 Å². The van der Waals surface area contributed by atoms with E-state index in [1.165, 1.54) is 18.2 Å². The van der Waals surface area contributed by atoms with E-state index in [2.05, 4.69) is 14.9 Å². The number of anilines is 2. The van der Waals surface area contributed by atoms with Crippen molar-refractivity contribution in [2.45, 2.75) is 45.2 Å². The summed E-state index contributed by atoms with van der Waals surface area (Å²) in [7, 11) is -3.33. The van der Waals surface area contributed by atoms with Crippen LogP contribution in [-0.4, -0.2) is 56.4 Å². The zero-order valence-corrected chi connectivity index (χ0v) is 24.2. The maximum atomic E-state index is 13.5. The first-order chi connectivity index (χ1) is 19.6. The quantitative estimate of drug-likeness (QED) is 0.268. The molecule has 220 valence electrons. The fraction of sp³-hybridized carbons (Fsp3) is 0.367. The van der Waals surface area contributed by atoms with Crippen LogP contribution in [0.15, 0.2) is 66.7 Å². The highest BCUT2D eigenvalue weighted by atomic mass is 32.2. The highest BCUT2D eigenvalue weighted by Gasteiger charge is 2.24. The summed E-state index contributed by atoms with van der Waals surface area (Å²) >= 11 is 0. The molecule has 3 N–H and O–H groups in total. The number of hydrogen-bond acceptors (Lipinski definition) is 6. The van der Waals surface area contributed by atoms with E-state index in [0.29, 0.717) is 29.4 Å². The predicted molar refractivity (Wildman–Crippen MR) is 159 cm³/mol. The number of hydrogen-bond donors (Lipinski definition) is 3. The second kappa shape index (κ2) is 13.7. The van der Waals surface area contributed by atoms with Gasteiger partial charge in [-0.1, -0.05) is 25.5 Å². The normalized spacial score (nSPS) is 14.4. The predicted octanol–water partition coefficient (Wildman–Crippen LogP) is 5.68. The molecule has 0 saturated carbocycles. The second-order valence-electron chi connectivity index (χ2n) is 10.3. The smallest absolute Gasteiger partial charge is 0.322 e. The minimum absolute atomic E-state index is 0.0340. The summed E-state index contributed by atoms with van der Waals surface area (Å²) < 4.78 is 44.6. The molecule has 1 saturated heterocycles. The fourth-order valence-corrected chi connectivity index (χ4v) is 5.25. The van der Waals surface area contributed by atoms with E-state index in [-0.39, 0.29) is 12.1 Å². The molecule has 0 radical (unpaired) electrons. The standard InChI is InChI=1S/C30H37FN4O5S/c1-3-4-17-35(25-9-14-28(31)29(36)20-25)30(37)32-23-15-18-34(19-16-23)21-22-5-10-26(11-6-22)40-27-12-7-24(8-13-27)33-41(2,38)39/h5-14,20,23,33,36H,3-4,15-19,21H2,1-2H3,(H,32,37). The van der Waals surface area contributed by atoms with Gasteiger partial charge >= 0.3 is 6.03 Å². The van der Waals surface area contributed by atoms with E-state index in [1.807, 2.05) is 31.2 Å². The molecule has 1 aliphatic rings. The molecule has 0 aliphatic carbocycles. The number of piperidine rings is 1. The molecule has 1 aliphatic heterocycles. The first-order valence-electron chi connectivity index (χ1n) is 13.7. The van der Waals surface area contributed by atoms with Crippen molar-refractivity contribution < 1.29 is 27.4 Å². The third-order valence-electron chi connectivity index (χ3n) is 6.86. The molecule has 1 fully saturated rings. The Morgan fingerprint density at radius 1 is 1.05 bits per heavy atom. The van der Waals surface area contributed by atoms with E-state index in [0.717, 1.165) is 57.1 Å². The Balaban J connectivity index is 1.25. The van der Waals surface area contributed by atoms with Gasteiger partial charge in [-0.25, -0.2) is 17.6 Å². The number of ether oxygens (including phenoxy) is 1. The number of unbranched alkanes of at least 4 members (excludes halogenated alkanes) is 1. The van der Waals surface area contributed by atoms with Gasteiger partial charge in [0.2, 0.25) is 10.0 Å². The number of aromatic hydroxyl groups is 1. The number of likely N-dealkylation sites (tertiary alicyclic amines) is 1. The summed E-state index contributed by atoms with van der Waals surface area (Å²) in [6, 6.07) is 18.3. The maximum Gasteiger partial charge on any atom is 0.322 e. The van der Waals surface area contributed by atoms with Crippen LogP contribution in [0.4, 0.5) is 20.6 Å². The van der Waals surface area contributed by atoms with E-state index in [1.54, 1.807) is 29.2 Å². The Hall–Kier alpha value is -3.83. The van der Waals surface area contributed by atoms with E-state index in [4.69, 9.17) is 4.74 Å². The minimum atomic E-state index is -3.33. The average Bonchev–Trinajstić information content (AvgIpc) is 2.93. The van der Waals surface area contributed by atoms with Crippen LogP contribution in [0.3, 0.4) is 0 Å². The molecule has 4 rings (SSSR count). The summed E-state index contributed by atoms with van der Waals surface area (Å²) in [4.78, 5) is 17.0. The number of nitrogens with zero attached hydrogens (tertiary/aromatic N) is 2. The van der Waals surface area contributed by atoms with Crippen LogP contribution in [0.2, 0.25) is 0 Å². The molecule has 41 heavy (non-hydrogen) atoms. The lowest BCUT2D eigenvalue weighted by molar-refractivity contribution is 0.188. The van der Waals surface area contributed by atoms with Gasteiger partial charge in [-0.3, -0.25) is 14.5 Å². The van der Waals surface area contributed by atoms with Crippen molar-refractivity contribution in [1.82, 2.24) is 10.2 Å². The van der Waals surface area contributed by atoms with Crippen molar-refractivity contribution >= 4 is 27.4 Å². The van der Waals surface area contributed by atoms with Crippen LogP contribution in [0.5, 0.6) is 17.2 Å². The number of amides is 2. The third-order valence-corrected chi connectivity index (χ3v) is 7.47. The molecule has 0 bridgehead atoms. The molecule has 11 heteroatoms. The lowest BCUT2D eigenvalue weighted by Gasteiger charge is -2.34. The molecule has 0 spiro atoms. The molecule has 1 heterocycles. The Morgan fingerprint density at radius 2 is 1.68 bits per heavy atom. The number of nitrogens with one attached hydrogen (secondary N) is 2. The molecule has 9 nitrogen and oxygen atoms in total. The molecular formula is C30H37FN4O5S. The topological polar surface area (TPSA) is 111 Å². The Labute approximate surface area is 241 Å². The van der Waals surface area contributed by atoms with Crippen molar-refractivity contribution in [3.8, 4) is 17.2 Å². The molecule has 0 unspecified atom stereocenters. The summed E-state index contributed by atoms with van der Waals surface area (Å²) in [5.74, 6) is 0.101. The van der Waals surface area contributed by atoms with Gasteiger partial charge in [-0.15, -0.1) is 0 Å². The molecule has 0 atom stereocenters. The van der Waals surface area contributed by atoms with Crippen LogP contribution in [0, 0.1) is 5.82 Å². The first-order valence-corrected chi connectivity index (χ1v) is 15.6. The van der Waals surface area contributed by atoms with Crippen LogP contribution in [0.1, 0.15) is 38.2 Å². The van der Waals surface area contributed by atoms with E-state index in [9.17, 15) is 22.7 Å². The molecule has 2 amide bonds. The van der Waals surface area contributed by atoms with Crippen molar-refractivity contribution in [2.75, 3.05) is 35.5 Å². The average molecular weight is 585 g/mol.